The van der Waals surface area contributed by atoms with Crippen LogP contribution in [0.3, 0.4) is 0 Å². The second-order valence-corrected chi connectivity index (χ2v) is 5.39. The van der Waals surface area contributed by atoms with Gasteiger partial charge >= 0.3 is 0 Å². The Labute approximate surface area is 108 Å². The van der Waals surface area contributed by atoms with Crippen molar-refractivity contribution in [1.82, 2.24) is 20.6 Å². The molecule has 0 atom stereocenters. The minimum Gasteiger partial charge on any atom is -0.319 e. The van der Waals surface area contributed by atoms with Crippen molar-refractivity contribution >= 4 is 27.3 Å². The van der Waals surface area contributed by atoms with Crippen LogP contribution >= 0.6 is 0 Å². The highest BCUT2D eigenvalue weighted by Crippen LogP contribution is 2.16. The highest BCUT2D eigenvalue weighted by molar-refractivity contribution is 7.92. The van der Waals surface area contributed by atoms with E-state index in [0.717, 1.165) is 6.26 Å². The third-order valence-corrected chi connectivity index (χ3v) is 2.58. The van der Waals surface area contributed by atoms with Gasteiger partial charge in [0, 0.05) is 5.69 Å². The molecule has 10 heteroatoms. The molecule has 0 fully saturated rings. The van der Waals surface area contributed by atoms with Gasteiger partial charge in [-0.2, -0.15) is 5.21 Å². The molecule has 19 heavy (non-hydrogen) atoms. The lowest BCUT2D eigenvalue weighted by atomic mass is 10.3. The largest absolute Gasteiger partial charge is 0.319 e. The maximum absolute atomic E-state index is 11.6. The van der Waals surface area contributed by atoms with E-state index in [4.69, 9.17) is 0 Å². The number of nitrogens with one attached hydrogen (secondary N) is 3. The van der Waals surface area contributed by atoms with E-state index >= 15 is 0 Å². The highest BCUT2D eigenvalue weighted by Gasteiger charge is 2.11. The van der Waals surface area contributed by atoms with Gasteiger partial charge in [-0.25, -0.2) is 8.42 Å². The second-order valence-electron chi connectivity index (χ2n) is 3.64. The normalized spacial score (nSPS) is 11.0. The Kier molecular flexibility index (Phi) is 3.42. The maximum Gasteiger partial charge on any atom is 0.297 e. The van der Waals surface area contributed by atoms with Crippen LogP contribution in [-0.4, -0.2) is 41.2 Å². The molecule has 1 aromatic heterocycles. The van der Waals surface area contributed by atoms with Crippen molar-refractivity contribution in [2.24, 2.45) is 0 Å². The summed E-state index contributed by atoms with van der Waals surface area (Å²) in [6.07, 6.45) is 1.04. The zero-order chi connectivity index (χ0) is 13.9. The van der Waals surface area contributed by atoms with E-state index in [2.05, 4.69) is 30.7 Å². The van der Waals surface area contributed by atoms with Crippen LogP contribution in [0.25, 0.3) is 0 Å². The summed E-state index contributed by atoms with van der Waals surface area (Å²) >= 11 is 0. The fourth-order valence-corrected chi connectivity index (χ4v) is 1.87. The quantitative estimate of drug-likeness (QED) is 0.713. The van der Waals surface area contributed by atoms with E-state index in [1.165, 1.54) is 6.07 Å². The highest BCUT2D eigenvalue weighted by atomic mass is 32.2. The van der Waals surface area contributed by atoms with E-state index in [9.17, 15) is 13.2 Å². The van der Waals surface area contributed by atoms with Gasteiger partial charge < -0.3 is 5.32 Å². The number of amides is 1. The zero-order valence-corrected chi connectivity index (χ0v) is 10.6. The molecule has 1 amide bonds. The van der Waals surface area contributed by atoms with Crippen LogP contribution < -0.4 is 10.0 Å². The van der Waals surface area contributed by atoms with Gasteiger partial charge in [0.2, 0.25) is 10.0 Å². The molecule has 0 unspecified atom stereocenters. The maximum atomic E-state index is 11.6. The van der Waals surface area contributed by atoms with Crippen molar-refractivity contribution in [2.45, 2.75) is 0 Å². The molecular formula is C9H10N6O3S. The van der Waals surface area contributed by atoms with Gasteiger partial charge in [0.1, 0.15) is 0 Å². The number of sulfonamides is 1. The molecule has 0 spiro atoms. The lowest BCUT2D eigenvalue weighted by Gasteiger charge is -2.06. The topological polar surface area (TPSA) is 130 Å². The van der Waals surface area contributed by atoms with Crippen molar-refractivity contribution in [3.63, 3.8) is 0 Å². The second kappa shape index (κ2) is 5.02. The summed E-state index contributed by atoms with van der Waals surface area (Å²) in [7, 11) is -3.37. The summed E-state index contributed by atoms with van der Waals surface area (Å²) in [5, 5.41) is 15.0. The van der Waals surface area contributed by atoms with Gasteiger partial charge in [-0.1, -0.05) is 6.07 Å². The van der Waals surface area contributed by atoms with Gasteiger partial charge in [0.05, 0.1) is 11.9 Å². The third kappa shape index (κ3) is 3.74. The molecule has 0 aliphatic carbocycles. The summed E-state index contributed by atoms with van der Waals surface area (Å²) in [6, 6.07) is 6.23. The van der Waals surface area contributed by atoms with Gasteiger partial charge in [-0.15, -0.1) is 10.2 Å². The van der Waals surface area contributed by atoms with Crippen LogP contribution in [-0.2, 0) is 10.0 Å². The van der Waals surface area contributed by atoms with Gasteiger partial charge in [0.25, 0.3) is 11.7 Å². The summed E-state index contributed by atoms with van der Waals surface area (Å²) in [5.74, 6) is -0.660. The van der Waals surface area contributed by atoms with Crippen LogP contribution in [0.2, 0.25) is 0 Å². The molecule has 1 heterocycles. The number of H-pyrrole nitrogens is 1. The first-order valence-corrected chi connectivity index (χ1v) is 6.96. The predicted octanol–water partition coefficient (Wildman–Crippen LogP) is -0.177. The zero-order valence-electron chi connectivity index (χ0n) is 9.78. The number of tetrazole rings is 1. The average Bonchev–Trinajstić information content (AvgIpc) is 2.80. The first-order chi connectivity index (χ1) is 8.94. The molecule has 9 nitrogen and oxygen atoms in total. The molecule has 0 aliphatic heterocycles. The summed E-state index contributed by atoms with van der Waals surface area (Å²) < 4.78 is 24.5. The van der Waals surface area contributed by atoms with Crippen molar-refractivity contribution in [3.05, 3.63) is 30.1 Å². The number of carbonyl (C=O) groups is 1. The van der Waals surface area contributed by atoms with Gasteiger partial charge in [-0.3, -0.25) is 9.52 Å². The fraction of sp³-hybridized carbons (Fsp3) is 0.111. The Hall–Kier alpha value is -2.49. The smallest absolute Gasteiger partial charge is 0.297 e. The van der Waals surface area contributed by atoms with Crippen LogP contribution in [0.1, 0.15) is 10.6 Å². The molecule has 0 radical (unpaired) electrons. The monoisotopic (exact) mass is 282 g/mol. The SMILES string of the molecule is CS(=O)(=O)Nc1cccc(NC(=O)c2nn[nH]n2)c1. The number of anilines is 2. The first-order valence-electron chi connectivity index (χ1n) is 5.07. The minimum absolute atomic E-state index is 0.110. The van der Waals surface area contributed by atoms with Crippen molar-refractivity contribution in [1.29, 1.82) is 0 Å². The molecule has 0 bridgehead atoms. The molecule has 2 aromatic rings. The molecule has 3 N–H and O–H groups in total. The number of hydrogen-bond acceptors (Lipinski definition) is 6. The van der Waals surface area contributed by atoms with Crippen molar-refractivity contribution < 1.29 is 13.2 Å². The Morgan fingerprint density at radius 2 is 2.05 bits per heavy atom. The lowest BCUT2D eigenvalue weighted by molar-refractivity contribution is 0.101. The van der Waals surface area contributed by atoms with Gasteiger partial charge in [0.15, 0.2) is 0 Å². The average molecular weight is 282 g/mol. The van der Waals surface area contributed by atoms with Crippen LogP contribution in [0.5, 0.6) is 0 Å². The molecule has 0 saturated heterocycles. The number of aromatic amines is 1. The summed E-state index contributed by atoms with van der Waals surface area (Å²) in [5.41, 5.74) is 0.747. The number of aromatic nitrogens is 4. The van der Waals surface area contributed by atoms with Crippen molar-refractivity contribution in [2.75, 3.05) is 16.3 Å². The van der Waals surface area contributed by atoms with Gasteiger partial charge in [-0.05, 0) is 23.4 Å². The van der Waals surface area contributed by atoms with Crippen LogP contribution in [0.4, 0.5) is 11.4 Å². The number of rotatable bonds is 4. The van der Waals surface area contributed by atoms with E-state index in [1.54, 1.807) is 18.2 Å². The molecule has 0 saturated carbocycles. The Morgan fingerprint density at radius 1 is 1.32 bits per heavy atom. The number of benzene rings is 1. The van der Waals surface area contributed by atoms with Crippen LogP contribution in [0, 0.1) is 0 Å². The lowest BCUT2D eigenvalue weighted by Crippen LogP contribution is -2.14. The predicted molar refractivity (Wildman–Crippen MR) is 67.0 cm³/mol. The minimum atomic E-state index is -3.37. The van der Waals surface area contributed by atoms with Crippen LogP contribution in [0.15, 0.2) is 24.3 Å². The molecular weight excluding hydrogens is 272 g/mol. The molecule has 2 rings (SSSR count). The Balaban J connectivity index is 2.13. The van der Waals surface area contributed by atoms with E-state index in [1.807, 2.05) is 0 Å². The Morgan fingerprint density at radius 3 is 2.68 bits per heavy atom. The van der Waals surface area contributed by atoms with E-state index < -0.39 is 15.9 Å². The first kappa shape index (κ1) is 13.0. The number of hydrogen-bond donors (Lipinski definition) is 3. The number of carbonyl (C=O) groups excluding carboxylic acids is 1. The number of nitrogens with zero attached hydrogens (tertiary/aromatic N) is 3. The Bertz CT molecular complexity index is 682. The molecule has 1 aromatic carbocycles. The fourth-order valence-electron chi connectivity index (χ4n) is 1.32. The summed E-state index contributed by atoms with van der Waals surface area (Å²) in [4.78, 5) is 11.6. The standard InChI is InChI=1S/C9H10N6O3S/c1-19(17,18)13-7-4-2-3-6(5-7)10-9(16)8-11-14-15-12-8/h2-5,13H,1H3,(H,10,16)(H,11,12,14,15). The molecule has 100 valence electrons. The third-order valence-electron chi connectivity index (χ3n) is 1.97. The van der Waals surface area contributed by atoms with Crippen molar-refractivity contribution in [3.8, 4) is 0 Å². The summed E-state index contributed by atoms with van der Waals surface area (Å²) in [6.45, 7) is 0. The van der Waals surface area contributed by atoms with E-state index in [-0.39, 0.29) is 5.82 Å². The molecule has 0 aliphatic rings. The van der Waals surface area contributed by atoms with E-state index in [0.29, 0.717) is 11.4 Å².